The minimum Gasteiger partial charge on any atom is -0.444 e. The van der Waals surface area contributed by atoms with Gasteiger partial charge in [-0.15, -0.1) is 0 Å². The van der Waals surface area contributed by atoms with Crippen LogP contribution in [0.4, 0.5) is 30.9 Å². The molecular weight excluding hydrogens is 512 g/mol. The van der Waals surface area contributed by atoms with Gasteiger partial charge in [0, 0.05) is 49.8 Å². The maximum Gasteiger partial charge on any atom is 0.410 e. The van der Waals surface area contributed by atoms with Crippen molar-refractivity contribution in [3.05, 3.63) is 54.1 Å². The minimum atomic E-state index is -1.10. The molecule has 12 nitrogen and oxygen atoms in total. The second-order valence-corrected chi connectivity index (χ2v) is 10.2. The maximum absolute atomic E-state index is 14.9. The Kier molecular flexibility index (Phi) is 6.62. The molecule has 1 aliphatic heterocycles. The van der Waals surface area contributed by atoms with E-state index in [9.17, 15) is 18.4 Å². The van der Waals surface area contributed by atoms with E-state index in [1.807, 2.05) is 0 Å². The van der Waals surface area contributed by atoms with Crippen LogP contribution in [-0.4, -0.2) is 71.7 Å². The Hall–Kier alpha value is -4.62. The lowest BCUT2D eigenvalue weighted by atomic mass is 10.1. The topological polar surface area (TPSA) is 123 Å². The zero-order chi connectivity index (χ0) is 27.9. The molecule has 14 heteroatoms. The number of aryl methyl sites for hydroxylation is 1. The first-order valence-corrected chi connectivity index (χ1v) is 12.2. The van der Waals surface area contributed by atoms with E-state index in [0.29, 0.717) is 16.7 Å². The number of amides is 2. The molecule has 1 aromatic carbocycles. The van der Waals surface area contributed by atoms with Crippen molar-refractivity contribution in [1.82, 2.24) is 34.4 Å². The molecule has 204 valence electrons. The summed E-state index contributed by atoms with van der Waals surface area (Å²) in [5.41, 5.74) is 0.549. The molecule has 2 amide bonds. The van der Waals surface area contributed by atoms with Gasteiger partial charge in [0.1, 0.15) is 12.1 Å². The first kappa shape index (κ1) is 26.0. The van der Waals surface area contributed by atoms with Crippen LogP contribution in [0.3, 0.4) is 0 Å². The van der Waals surface area contributed by atoms with E-state index in [1.54, 1.807) is 51.1 Å². The van der Waals surface area contributed by atoms with Crippen molar-refractivity contribution in [3.63, 3.8) is 0 Å². The van der Waals surface area contributed by atoms with Gasteiger partial charge < -0.3 is 15.0 Å². The standard InChI is InChI=1S/C25H27F2N9O3/c1-25(2,3)39-24(38)34-5-6-35(20(37)14-34)18-7-15(21(27)19(26)8-18)12-36-22-16(10-30-36)9-28-23(32-22)31-17-11-29-33(4)13-17/h7-11,13H,5-6,12,14H2,1-4H3,(H,28,31,32). The number of anilines is 3. The Morgan fingerprint density at radius 1 is 1.13 bits per heavy atom. The molecule has 3 aromatic heterocycles. The number of carbonyl (C=O) groups excluding carboxylic acids is 2. The van der Waals surface area contributed by atoms with Crippen LogP contribution in [0, 0.1) is 11.6 Å². The zero-order valence-electron chi connectivity index (χ0n) is 21.9. The third-order valence-electron chi connectivity index (χ3n) is 5.93. The Morgan fingerprint density at radius 3 is 2.62 bits per heavy atom. The second kappa shape index (κ2) is 9.93. The third kappa shape index (κ3) is 5.63. The van der Waals surface area contributed by atoms with Crippen LogP contribution in [-0.2, 0) is 23.1 Å². The van der Waals surface area contributed by atoms with Crippen LogP contribution in [0.1, 0.15) is 26.3 Å². The van der Waals surface area contributed by atoms with Gasteiger partial charge in [-0.05, 0) is 26.8 Å². The SMILES string of the molecule is Cn1cc(Nc2ncc3cnn(Cc4cc(N5CCN(C(=O)OC(C)(C)C)CC5=O)cc(F)c4F)c3n2)cn1. The van der Waals surface area contributed by atoms with Crippen molar-refractivity contribution in [3.8, 4) is 0 Å². The summed E-state index contributed by atoms with van der Waals surface area (Å²) in [7, 11) is 1.78. The van der Waals surface area contributed by atoms with Gasteiger partial charge in [-0.3, -0.25) is 14.4 Å². The van der Waals surface area contributed by atoms with Crippen LogP contribution in [0.25, 0.3) is 11.0 Å². The summed E-state index contributed by atoms with van der Waals surface area (Å²) in [6.45, 7) is 5.11. The highest BCUT2D eigenvalue weighted by atomic mass is 19.2. The molecule has 5 rings (SSSR count). The minimum absolute atomic E-state index is 0.0160. The smallest absolute Gasteiger partial charge is 0.410 e. The van der Waals surface area contributed by atoms with Gasteiger partial charge in [0.15, 0.2) is 17.3 Å². The Bertz CT molecular complexity index is 1560. The van der Waals surface area contributed by atoms with Crippen molar-refractivity contribution in [1.29, 1.82) is 0 Å². The van der Waals surface area contributed by atoms with Crippen LogP contribution in [0.15, 0.2) is 36.9 Å². The van der Waals surface area contributed by atoms with Gasteiger partial charge in [0.2, 0.25) is 11.9 Å². The third-order valence-corrected chi connectivity index (χ3v) is 5.93. The molecule has 1 aliphatic rings. The van der Waals surface area contributed by atoms with Gasteiger partial charge >= 0.3 is 6.09 Å². The van der Waals surface area contributed by atoms with Crippen molar-refractivity contribution in [2.45, 2.75) is 32.9 Å². The van der Waals surface area contributed by atoms with Gasteiger partial charge in [0.05, 0.1) is 30.0 Å². The number of aromatic nitrogens is 6. The normalized spacial score (nSPS) is 14.3. The molecule has 1 fully saturated rings. The van der Waals surface area contributed by atoms with Crippen LogP contribution < -0.4 is 10.2 Å². The van der Waals surface area contributed by atoms with Crippen molar-refractivity contribution in [2.75, 3.05) is 29.9 Å². The van der Waals surface area contributed by atoms with E-state index in [2.05, 4.69) is 25.5 Å². The summed E-state index contributed by atoms with van der Waals surface area (Å²) >= 11 is 0. The fourth-order valence-electron chi connectivity index (χ4n) is 4.15. The highest BCUT2D eigenvalue weighted by molar-refractivity contribution is 5.97. The number of piperazine rings is 1. The van der Waals surface area contributed by atoms with Crippen LogP contribution >= 0.6 is 0 Å². The first-order valence-electron chi connectivity index (χ1n) is 12.2. The molecule has 0 spiro atoms. The second-order valence-electron chi connectivity index (χ2n) is 10.2. The fraction of sp³-hybridized carbons (Fsp3) is 0.360. The average Bonchev–Trinajstić information content (AvgIpc) is 3.46. The predicted molar refractivity (Wildman–Crippen MR) is 137 cm³/mol. The van der Waals surface area contributed by atoms with Crippen molar-refractivity contribution < 1.29 is 23.1 Å². The summed E-state index contributed by atoms with van der Waals surface area (Å²) in [6.07, 6.45) is 5.86. The van der Waals surface area contributed by atoms with E-state index in [1.165, 1.54) is 26.7 Å². The van der Waals surface area contributed by atoms with Crippen LogP contribution in [0.2, 0.25) is 0 Å². The summed E-state index contributed by atoms with van der Waals surface area (Å²) in [5.74, 6) is -2.31. The average molecular weight is 540 g/mol. The van der Waals surface area contributed by atoms with E-state index in [0.717, 1.165) is 6.07 Å². The number of nitrogens with zero attached hydrogens (tertiary/aromatic N) is 8. The van der Waals surface area contributed by atoms with Gasteiger partial charge in [-0.2, -0.15) is 15.2 Å². The molecule has 0 bridgehead atoms. The van der Waals surface area contributed by atoms with E-state index in [-0.39, 0.29) is 43.4 Å². The predicted octanol–water partition coefficient (Wildman–Crippen LogP) is 3.21. The Balaban J connectivity index is 1.37. The number of halogens is 2. The number of benzene rings is 1. The summed E-state index contributed by atoms with van der Waals surface area (Å²) in [6, 6.07) is 2.38. The number of rotatable bonds is 5. The molecule has 0 radical (unpaired) electrons. The number of ether oxygens (including phenoxy) is 1. The monoisotopic (exact) mass is 539 g/mol. The summed E-state index contributed by atoms with van der Waals surface area (Å²) in [5, 5.41) is 12.0. The van der Waals surface area contributed by atoms with Gasteiger partial charge in [-0.25, -0.2) is 23.2 Å². The Morgan fingerprint density at radius 2 is 1.92 bits per heavy atom. The first-order chi connectivity index (χ1) is 18.5. The molecule has 39 heavy (non-hydrogen) atoms. The lowest BCUT2D eigenvalue weighted by Crippen LogP contribution is -2.53. The lowest BCUT2D eigenvalue weighted by Gasteiger charge is -2.35. The highest BCUT2D eigenvalue weighted by Crippen LogP contribution is 2.26. The largest absolute Gasteiger partial charge is 0.444 e. The van der Waals surface area contributed by atoms with Crippen LogP contribution in [0.5, 0.6) is 0 Å². The molecule has 4 aromatic rings. The summed E-state index contributed by atoms with van der Waals surface area (Å²) < 4.78 is 38.0. The molecule has 1 saturated heterocycles. The number of fused-ring (bicyclic) bond motifs is 1. The van der Waals surface area contributed by atoms with Crippen molar-refractivity contribution >= 4 is 40.4 Å². The fourth-order valence-corrected chi connectivity index (χ4v) is 4.15. The highest BCUT2D eigenvalue weighted by Gasteiger charge is 2.31. The molecule has 0 aliphatic carbocycles. The number of hydrogen-bond acceptors (Lipinski definition) is 8. The molecule has 1 N–H and O–H groups in total. The molecule has 4 heterocycles. The van der Waals surface area contributed by atoms with E-state index < -0.39 is 29.2 Å². The van der Waals surface area contributed by atoms with Gasteiger partial charge in [0.25, 0.3) is 0 Å². The zero-order valence-corrected chi connectivity index (χ0v) is 21.9. The molecule has 0 atom stereocenters. The molecular formula is C25H27F2N9O3. The maximum atomic E-state index is 14.9. The summed E-state index contributed by atoms with van der Waals surface area (Å²) in [4.78, 5) is 36.6. The van der Waals surface area contributed by atoms with E-state index >= 15 is 0 Å². The number of hydrogen-bond donors (Lipinski definition) is 1. The van der Waals surface area contributed by atoms with Crippen molar-refractivity contribution in [2.24, 2.45) is 7.05 Å². The van der Waals surface area contributed by atoms with Gasteiger partial charge in [-0.1, -0.05) is 0 Å². The quantitative estimate of drug-likeness (QED) is 0.410. The number of carbonyl (C=O) groups is 2. The lowest BCUT2D eigenvalue weighted by molar-refractivity contribution is -0.121. The molecule has 0 unspecified atom stereocenters. The Labute approximate surface area is 222 Å². The van der Waals surface area contributed by atoms with E-state index in [4.69, 9.17) is 4.74 Å². The molecule has 0 saturated carbocycles. The number of nitrogens with one attached hydrogen (secondary N) is 1.